The number of rotatable bonds is 6. The number of aryl methyl sites for hydroxylation is 1. The number of imidazole rings is 1. The number of carbonyl (C=O) groups is 3. The first-order chi connectivity index (χ1) is 14.6. The highest BCUT2D eigenvalue weighted by Gasteiger charge is 2.21. The number of ketones is 1. The van der Waals surface area contributed by atoms with E-state index in [1.807, 2.05) is 36.6 Å². The summed E-state index contributed by atoms with van der Waals surface area (Å²) >= 11 is 1.41. The number of ether oxygens (including phenoxy) is 1. The van der Waals surface area contributed by atoms with Crippen LogP contribution >= 0.6 is 11.8 Å². The van der Waals surface area contributed by atoms with Crippen LogP contribution in [0.15, 0.2) is 59.9 Å². The molecule has 2 heterocycles. The number of nitrogens with zero attached hydrogens (tertiary/aromatic N) is 2. The predicted octanol–water partition coefficient (Wildman–Crippen LogP) is 3.52. The molecule has 0 bridgehead atoms. The Morgan fingerprint density at radius 3 is 2.73 bits per heavy atom. The molecule has 1 aromatic heterocycles. The second kappa shape index (κ2) is 8.54. The summed E-state index contributed by atoms with van der Waals surface area (Å²) in [6.07, 6.45) is 4.29. The molecular formula is C22H19N3O4S. The summed E-state index contributed by atoms with van der Waals surface area (Å²) in [5, 5.41) is 3.43. The summed E-state index contributed by atoms with van der Waals surface area (Å²) < 4.78 is 7.00. The van der Waals surface area contributed by atoms with Gasteiger partial charge in [0.25, 0.3) is 0 Å². The van der Waals surface area contributed by atoms with Crippen LogP contribution in [-0.4, -0.2) is 40.1 Å². The van der Waals surface area contributed by atoms with Gasteiger partial charge in [-0.15, -0.1) is 0 Å². The molecule has 1 aliphatic rings. The Morgan fingerprint density at radius 1 is 1.17 bits per heavy atom. The number of amides is 1. The zero-order valence-electron chi connectivity index (χ0n) is 16.3. The molecule has 0 aliphatic carbocycles. The van der Waals surface area contributed by atoms with Crippen molar-refractivity contribution in [3.05, 3.63) is 71.5 Å². The number of hydrogen-bond acceptors (Lipinski definition) is 6. The van der Waals surface area contributed by atoms with E-state index in [4.69, 9.17) is 4.74 Å². The molecule has 1 N–H and O–H groups in total. The van der Waals surface area contributed by atoms with Crippen molar-refractivity contribution in [2.75, 3.05) is 18.2 Å². The minimum Gasteiger partial charge on any atom is -0.453 e. The van der Waals surface area contributed by atoms with E-state index in [0.29, 0.717) is 23.6 Å². The van der Waals surface area contributed by atoms with E-state index < -0.39 is 5.97 Å². The number of hydrogen-bond donors (Lipinski definition) is 1. The van der Waals surface area contributed by atoms with Crippen molar-refractivity contribution < 1.29 is 19.1 Å². The van der Waals surface area contributed by atoms with Gasteiger partial charge in [-0.3, -0.25) is 14.2 Å². The topological polar surface area (TPSA) is 90.3 Å². The van der Waals surface area contributed by atoms with Gasteiger partial charge in [0.2, 0.25) is 5.91 Å². The molecule has 8 heteroatoms. The van der Waals surface area contributed by atoms with E-state index in [1.165, 1.54) is 18.0 Å². The highest BCUT2D eigenvalue weighted by atomic mass is 32.2. The van der Waals surface area contributed by atoms with Gasteiger partial charge in [0.05, 0.1) is 6.20 Å². The van der Waals surface area contributed by atoms with E-state index in [-0.39, 0.29) is 24.0 Å². The molecule has 1 aliphatic heterocycles. The van der Waals surface area contributed by atoms with Crippen molar-refractivity contribution in [3.8, 4) is 5.69 Å². The summed E-state index contributed by atoms with van der Waals surface area (Å²) in [5.41, 5.74) is 3.11. The van der Waals surface area contributed by atoms with Gasteiger partial charge in [0.15, 0.2) is 23.2 Å². The largest absolute Gasteiger partial charge is 0.453 e. The Hall–Kier alpha value is -3.39. The van der Waals surface area contributed by atoms with Gasteiger partial charge >= 0.3 is 5.97 Å². The Bertz CT molecular complexity index is 1120. The van der Waals surface area contributed by atoms with Crippen LogP contribution in [-0.2, 0) is 16.0 Å². The fraction of sp³-hybridized carbons (Fsp3) is 0.182. The molecule has 4 rings (SSSR count). The van der Waals surface area contributed by atoms with Gasteiger partial charge in [-0.1, -0.05) is 30.0 Å². The average molecular weight is 421 g/mol. The van der Waals surface area contributed by atoms with Crippen LogP contribution in [0.3, 0.4) is 0 Å². The summed E-state index contributed by atoms with van der Waals surface area (Å²) in [6, 6.07) is 14.4. The molecule has 7 nitrogen and oxygen atoms in total. The smallest absolute Gasteiger partial charge is 0.357 e. The van der Waals surface area contributed by atoms with Gasteiger partial charge in [-0.25, -0.2) is 9.78 Å². The molecule has 0 atom stereocenters. The van der Waals surface area contributed by atoms with E-state index in [2.05, 4.69) is 10.3 Å². The summed E-state index contributed by atoms with van der Waals surface area (Å²) in [4.78, 5) is 41.0. The van der Waals surface area contributed by atoms with Crippen LogP contribution in [0.1, 0.15) is 32.8 Å². The maximum absolute atomic E-state index is 12.7. The molecule has 152 valence electrons. The lowest BCUT2D eigenvalue weighted by atomic mass is 9.99. The maximum Gasteiger partial charge on any atom is 0.357 e. The molecular weight excluding hydrogens is 402 g/mol. The van der Waals surface area contributed by atoms with Crippen LogP contribution in [0, 0.1) is 0 Å². The second-order valence-electron chi connectivity index (χ2n) is 6.72. The molecule has 2 aromatic carbocycles. The number of carbonyl (C=O) groups excluding carboxylic acids is 3. The minimum absolute atomic E-state index is 0.0323. The van der Waals surface area contributed by atoms with E-state index in [1.54, 1.807) is 22.8 Å². The number of anilines is 1. The summed E-state index contributed by atoms with van der Waals surface area (Å²) in [5.74, 6) is -0.959. The highest BCUT2D eigenvalue weighted by molar-refractivity contribution is 7.98. The molecule has 0 saturated carbocycles. The molecule has 1 amide bonds. The third-order valence-corrected chi connectivity index (χ3v) is 5.45. The monoisotopic (exact) mass is 421 g/mol. The van der Waals surface area contributed by atoms with Crippen LogP contribution in [0.4, 0.5) is 5.69 Å². The predicted molar refractivity (Wildman–Crippen MR) is 113 cm³/mol. The first-order valence-corrected chi connectivity index (χ1v) is 10.6. The molecule has 30 heavy (non-hydrogen) atoms. The normalized spacial score (nSPS) is 12.8. The molecule has 0 fully saturated rings. The van der Waals surface area contributed by atoms with Crippen molar-refractivity contribution in [1.29, 1.82) is 0 Å². The number of benzene rings is 2. The number of esters is 1. The first kappa shape index (κ1) is 19.9. The van der Waals surface area contributed by atoms with Crippen molar-refractivity contribution >= 4 is 35.1 Å². The van der Waals surface area contributed by atoms with Gasteiger partial charge in [0, 0.05) is 23.4 Å². The summed E-state index contributed by atoms with van der Waals surface area (Å²) in [7, 11) is 0. The standard InChI is InChI=1S/C22H19N3O4S/c1-30-22-23-12-18(25(22)16-5-3-2-4-6-16)21(28)29-13-19(26)15-7-9-17-14(11-15)8-10-20(27)24-17/h2-7,9,11-12H,8,10,13H2,1H3,(H,24,27). The van der Waals surface area contributed by atoms with Gasteiger partial charge < -0.3 is 10.1 Å². The second-order valence-corrected chi connectivity index (χ2v) is 7.49. The quantitative estimate of drug-likeness (QED) is 0.372. The lowest BCUT2D eigenvalue weighted by Crippen LogP contribution is -2.20. The molecule has 3 aromatic rings. The molecule has 0 unspecified atom stereocenters. The van der Waals surface area contributed by atoms with E-state index in [9.17, 15) is 14.4 Å². The van der Waals surface area contributed by atoms with Crippen molar-refractivity contribution in [1.82, 2.24) is 9.55 Å². The zero-order valence-corrected chi connectivity index (χ0v) is 17.1. The number of Topliss-reactive ketones (excluding diaryl/α,β-unsaturated/α-hetero) is 1. The SMILES string of the molecule is CSc1ncc(C(=O)OCC(=O)c2ccc3c(c2)CCC(=O)N3)n1-c1ccccc1. The fourth-order valence-corrected chi connectivity index (χ4v) is 3.84. The van der Waals surface area contributed by atoms with Gasteiger partial charge in [-0.05, 0) is 48.6 Å². The first-order valence-electron chi connectivity index (χ1n) is 9.37. The van der Waals surface area contributed by atoms with Crippen LogP contribution in [0.25, 0.3) is 5.69 Å². The van der Waals surface area contributed by atoms with Crippen molar-refractivity contribution in [3.63, 3.8) is 0 Å². The summed E-state index contributed by atoms with van der Waals surface area (Å²) in [6.45, 7) is -0.376. The van der Waals surface area contributed by atoms with Crippen LogP contribution in [0.5, 0.6) is 0 Å². The Kier molecular flexibility index (Phi) is 5.67. The van der Waals surface area contributed by atoms with E-state index in [0.717, 1.165) is 16.9 Å². The lowest BCUT2D eigenvalue weighted by molar-refractivity contribution is -0.116. The lowest BCUT2D eigenvalue weighted by Gasteiger charge is -2.17. The van der Waals surface area contributed by atoms with E-state index >= 15 is 0 Å². The van der Waals surface area contributed by atoms with Crippen molar-refractivity contribution in [2.45, 2.75) is 18.0 Å². The minimum atomic E-state index is -0.620. The number of nitrogens with one attached hydrogen (secondary N) is 1. The van der Waals surface area contributed by atoms with Gasteiger partial charge in [0.1, 0.15) is 0 Å². The zero-order chi connectivity index (χ0) is 21.1. The average Bonchev–Trinajstić information content (AvgIpc) is 3.21. The number of para-hydroxylation sites is 1. The number of thioether (sulfide) groups is 1. The fourth-order valence-electron chi connectivity index (χ4n) is 3.29. The molecule has 0 spiro atoms. The molecule has 0 saturated heterocycles. The van der Waals surface area contributed by atoms with Gasteiger partial charge in [-0.2, -0.15) is 0 Å². The Morgan fingerprint density at radius 2 is 1.97 bits per heavy atom. The van der Waals surface area contributed by atoms with Crippen LogP contribution in [0.2, 0.25) is 0 Å². The third kappa shape index (κ3) is 3.99. The Balaban J connectivity index is 1.49. The number of aromatic nitrogens is 2. The van der Waals surface area contributed by atoms with Crippen LogP contribution < -0.4 is 5.32 Å². The third-order valence-electron chi connectivity index (χ3n) is 4.79. The Labute approximate surface area is 177 Å². The number of fused-ring (bicyclic) bond motifs is 1. The van der Waals surface area contributed by atoms with Crippen molar-refractivity contribution in [2.24, 2.45) is 0 Å². The maximum atomic E-state index is 12.7. The highest BCUT2D eigenvalue weighted by Crippen LogP contribution is 2.24. The molecule has 0 radical (unpaired) electrons.